The number of hydrogen-bond acceptors (Lipinski definition) is 2. The van der Waals surface area contributed by atoms with Gasteiger partial charge in [0.05, 0.1) is 18.7 Å². The number of ether oxygens (including phenoxy) is 1. The van der Waals surface area contributed by atoms with Crippen molar-refractivity contribution in [3.63, 3.8) is 0 Å². The van der Waals surface area contributed by atoms with Gasteiger partial charge in [0.25, 0.3) is 0 Å². The number of rotatable bonds is 4. The van der Waals surface area contributed by atoms with Crippen LogP contribution in [0.2, 0.25) is 0 Å². The van der Waals surface area contributed by atoms with Gasteiger partial charge in [-0.25, -0.2) is 0 Å². The molecule has 0 saturated carbocycles. The maximum Gasteiger partial charge on any atom is 0.231 e. The van der Waals surface area contributed by atoms with Crippen molar-refractivity contribution in [1.82, 2.24) is 4.57 Å². The van der Waals surface area contributed by atoms with Crippen LogP contribution in [0.3, 0.4) is 0 Å². The number of nitrogens with one attached hydrogen (secondary N) is 1. The van der Waals surface area contributed by atoms with Crippen molar-refractivity contribution >= 4 is 22.5 Å². The Morgan fingerprint density at radius 3 is 2.61 bits per heavy atom. The molecule has 4 heteroatoms. The van der Waals surface area contributed by atoms with Crippen LogP contribution in [0.5, 0.6) is 5.75 Å². The van der Waals surface area contributed by atoms with Crippen LogP contribution in [0.1, 0.15) is 18.4 Å². The van der Waals surface area contributed by atoms with E-state index in [4.69, 9.17) is 4.74 Å². The quantitative estimate of drug-likeness (QED) is 0.793. The first-order valence-corrected chi connectivity index (χ1v) is 7.59. The standard InChI is InChI=1S/C19H20N2O2/c1-13(15-12-21(2)17-10-6-4-8-14(15)17)19(22)20-16-9-5-7-11-18(16)23-3/h4-13H,1-3H3,(H,20,22). The van der Waals surface area contributed by atoms with E-state index < -0.39 is 0 Å². The van der Waals surface area contributed by atoms with Crippen molar-refractivity contribution in [3.8, 4) is 5.75 Å². The maximum atomic E-state index is 12.7. The highest BCUT2D eigenvalue weighted by atomic mass is 16.5. The second-order valence-electron chi connectivity index (χ2n) is 5.62. The summed E-state index contributed by atoms with van der Waals surface area (Å²) >= 11 is 0. The van der Waals surface area contributed by atoms with Crippen LogP contribution in [0.25, 0.3) is 10.9 Å². The van der Waals surface area contributed by atoms with Crippen molar-refractivity contribution in [2.75, 3.05) is 12.4 Å². The van der Waals surface area contributed by atoms with Crippen molar-refractivity contribution in [2.45, 2.75) is 12.8 Å². The van der Waals surface area contributed by atoms with Gasteiger partial charge in [-0.15, -0.1) is 0 Å². The molecule has 0 saturated heterocycles. The number of hydrogen-bond donors (Lipinski definition) is 1. The van der Waals surface area contributed by atoms with E-state index >= 15 is 0 Å². The van der Waals surface area contributed by atoms with Crippen LogP contribution in [-0.4, -0.2) is 17.6 Å². The van der Waals surface area contributed by atoms with Crippen molar-refractivity contribution < 1.29 is 9.53 Å². The van der Waals surface area contributed by atoms with Gasteiger partial charge >= 0.3 is 0 Å². The zero-order chi connectivity index (χ0) is 16.4. The van der Waals surface area contributed by atoms with Gasteiger partial charge in [-0.1, -0.05) is 30.3 Å². The highest BCUT2D eigenvalue weighted by Crippen LogP contribution is 2.29. The Balaban J connectivity index is 1.90. The van der Waals surface area contributed by atoms with Crippen LogP contribution >= 0.6 is 0 Å². The van der Waals surface area contributed by atoms with E-state index in [1.54, 1.807) is 7.11 Å². The largest absolute Gasteiger partial charge is 0.495 e. The number of anilines is 1. The molecule has 118 valence electrons. The number of carbonyl (C=O) groups is 1. The smallest absolute Gasteiger partial charge is 0.231 e. The molecule has 2 aromatic carbocycles. The molecule has 4 nitrogen and oxygen atoms in total. The minimum Gasteiger partial charge on any atom is -0.495 e. The number of methoxy groups -OCH3 is 1. The summed E-state index contributed by atoms with van der Waals surface area (Å²) in [5.41, 5.74) is 2.84. The Kier molecular flexibility index (Phi) is 4.06. The van der Waals surface area contributed by atoms with Crippen molar-refractivity contribution in [2.24, 2.45) is 7.05 Å². The molecular formula is C19H20N2O2. The second-order valence-corrected chi connectivity index (χ2v) is 5.62. The first-order chi connectivity index (χ1) is 11.1. The Morgan fingerprint density at radius 1 is 1.13 bits per heavy atom. The second kappa shape index (κ2) is 6.16. The van der Waals surface area contributed by atoms with Gasteiger partial charge in [-0.05, 0) is 30.7 Å². The van der Waals surface area contributed by atoms with Gasteiger partial charge in [0.15, 0.2) is 0 Å². The van der Waals surface area contributed by atoms with E-state index in [-0.39, 0.29) is 11.8 Å². The number of benzene rings is 2. The van der Waals surface area contributed by atoms with E-state index in [1.165, 1.54) is 0 Å². The topological polar surface area (TPSA) is 43.3 Å². The predicted octanol–water partition coefficient (Wildman–Crippen LogP) is 3.93. The highest BCUT2D eigenvalue weighted by Gasteiger charge is 2.20. The van der Waals surface area contributed by atoms with Gasteiger partial charge < -0.3 is 14.6 Å². The first kappa shape index (κ1) is 15.2. The van der Waals surface area contributed by atoms with Gasteiger partial charge in [-0.3, -0.25) is 4.79 Å². The molecule has 1 N–H and O–H groups in total. The molecular weight excluding hydrogens is 288 g/mol. The molecule has 0 bridgehead atoms. The normalized spacial score (nSPS) is 12.1. The summed E-state index contributed by atoms with van der Waals surface area (Å²) in [6, 6.07) is 15.5. The summed E-state index contributed by atoms with van der Waals surface area (Å²) in [7, 11) is 3.59. The van der Waals surface area contributed by atoms with Crippen LogP contribution in [0.15, 0.2) is 54.7 Å². The zero-order valence-corrected chi connectivity index (χ0v) is 13.5. The Labute approximate surface area is 135 Å². The third-order valence-electron chi connectivity index (χ3n) is 4.15. The van der Waals surface area contributed by atoms with E-state index in [0.29, 0.717) is 11.4 Å². The van der Waals surface area contributed by atoms with Crippen LogP contribution in [0, 0.1) is 0 Å². The number of para-hydroxylation sites is 3. The third-order valence-corrected chi connectivity index (χ3v) is 4.15. The predicted molar refractivity (Wildman–Crippen MR) is 93.0 cm³/mol. The molecule has 0 spiro atoms. The van der Waals surface area contributed by atoms with E-state index in [1.807, 2.05) is 56.6 Å². The summed E-state index contributed by atoms with van der Waals surface area (Å²) in [5, 5.41) is 4.07. The lowest BCUT2D eigenvalue weighted by Crippen LogP contribution is -2.19. The third kappa shape index (κ3) is 2.80. The Bertz CT molecular complexity index is 851. The van der Waals surface area contributed by atoms with Gasteiger partial charge in [0, 0.05) is 24.1 Å². The zero-order valence-electron chi connectivity index (χ0n) is 13.5. The monoisotopic (exact) mass is 308 g/mol. The lowest BCUT2D eigenvalue weighted by molar-refractivity contribution is -0.117. The summed E-state index contributed by atoms with van der Waals surface area (Å²) in [4.78, 5) is 12.7. The van der Waals surface area contributed by atoms with E-state index in [9.17, 15) is 4.79 Å². The Morgan fingerprint density at radius 2 is 1.83 bits per heavy atom. The average molecular weight is 308 g/mol. The molecule has 0 aliphatic rings. The summed E-state index contributed by atoms with van der Waals surface area (Å²) in [6.07, 6.45) is 2.02. The molecule has 0 aliphatic carbocycles. The molecule has 3 aromatic rings. The molecule has 1 atom stereocenters. The SMILES string of the molecule is COc1ccccc1NC(=O)C(C)c1cn(C)c2ccccc12. The number of aryl methyl sites for hydroxylation is 1. The molecule has 3 rings (SSSR count). The summed E-state index contributed by atoms with van der Waals surface area (Å²) in [5.74, 6) is 0.350. The molecule has 0 fully saturated rings. The van der Waals surface area contributed by atoms with Gasteiger partial charge in [0.1, 0.15) is 5.75 Å². The number of fused-ring (bicyclic) bond motifs is 1. The lowest BCUT2D eigenvalue weighted by Gasteiger charge is -2.14. The first-order valence-electron chi connectivity index (χ1n) is 7.59. The number of nitrogens with zero attached hydrogens (tertiary/aromatic N) is 1. The van der Waals surface area contributed by atoms with Crippen LogP contribution < -0.4 is 10.1 Å². The summed E-state index contributed by atoms with van der Waals surface area (Å²) < 4.78 is 7.34. The number of amides is 1. The minimum atomic E-state index is -0.258. The Hall–Kier alpha value is -2.75. The molecule has 1 unspecified atom stereocenters. The lowest BCUT2D eigenvalue weighted by atomic mass is 9.99. The fraction of sp³-hybridized carbons (Fsp3) is 0.211. The minimum absolute atomic E-state index is 0.0501. The fourth-order valence-corrected chi connectivity index (χ4v) is 2.85. The van der Waals surface area contributed by atoms with Crippen molar-refractivity contribution in [1.29, 1.82) is 0 Å². The number of aromatic nitrogens is 1. The maximum absolute atomic E-state index is 12.7. The van der Waals surface area contributed by atoms with E-state index in [0.717, 1.165) is 16.5 Å². The highest BCUT2D eigenvalue weighted by molar-refractivity contribution is 5.99. The summed E-state index contributed by atoms with van der Waals surface area (Å²) in [6.45, 7) is 1.92. The molecule has 1 amide bonds. The van der Waals surface area contributed by atoms with Crippen LogP contribution in [-0.2, 0) is 11.8 Å². The van der Waals surface area contributed by atoms with E-state index in [2.05, 4.69) is 22.0 Å². The number of carbonyl (C=O) groups excluding carboxylic acids is 1. The van der Waals surface area contributed by atoms with Gasteiger partial charge in [0.2, 0.25) is 5.91 Å². The van der Waals surface area contributed by atoms with Crippen LogP contribution in [0.4, 0.5) is 5.69 Å². The average Bonchev–Trinajstić information content (AvgIpc) is 2.92. The molecule has 1 aromatic heterocycles. The molecule has 0 radical (unpaired) electrons. The van der Waals surface area contributed by atoms with Crippen molar-refractivity contribution in [3.05, 3.63) is 60.3 Å². The molecule has 1 heterocycles. The van der Waals surface area contributed by atoms with Gasteiger partial charge in [-0.2, -0.15) is 0 Å². The fourth-order valence-electron chi connectivity index (χ4n) is 2.85. The molecule has 0 aliphatic heterocycles. The molecule has 23 heavy (non-hydrogen) atoms.